The van der Waals surface area contributed by atoms with Gasteiger partial charge in [-0.25, -0.2) is 39.9 Å². The maximum absolute atomic E-state index is 14.8. The van der Waals surface area contributed by atoms with Gasteiger partial charge in [-0.05, 0) is 37.6 Å². The number of sulfonamides is 1. The van der Waals surface area contributed by atoms with Crippen LogP contribution in [0.4, 0.5) is 32.4 Å². The average molecular weight is 570 g/mol. The molecule has 0 aliphatic carbocycles. The van der Waals surface area contributed by atoms with E-state index in [-0.39, 0.29) is 22.3 Å². The topological polar surface area (TPSA) is 78.5 Å². The quantitative estimate of drug-likeness (QED) is 0.491. The van der Waals surface area contributed by atoms with Gasteiger partial charge in [0.15, 0.2) is 0 Å². The van der Waals surface area contributed by atoms with E-state index in [2.05, 4.69) is 21.2 Å². The summed E-state index contributed by atoms with van der Waals surface area (Å²) in [5, 5.41) is 2.23. The van der Waals surface area contributed by atoms with Gasteiger partial charge in [0.1, 0.15) is 17.5 Å². The van der Waals surface area contributed by atoms with Gasteiger partial charge in [-0.3, -0.25) is 0 Å². The van der Waals surface area contributed by atoms with Crippen LogP contribution >= 0.6 is 15.9 Å². The molecule has 1 aliphatic heterocycles. The zero-order valence-electron chi connectivity index (χ0n) is 17.8. The van der Waals surface area contributed by atoms with Crippen molar-refractivity contribution < 1.29 is 35.2 Å². The van der Waals surface area contributed by atoms with Crippen LogP contribution in [0, 0.1) is 17.5 Å². The van der Waals surface area contributed by atoms with Gasteiger partial charge >= 0.3 is 6.03 Å². The molecule has 1 aliphatic rings. The van der Waals surface area contributed by atoms with Crippen LogP contribution in [0.5, 0.6) is 0 Å². The minimum absolute atomic E-state index is 0.154. The van der Waals surface area contributed by atoms with E-state index in [0.717, 1.165) is 29.2 Å². The van der Waals surface area contributed by atoms with E-state index in [9.17, 15) is 35.2 Å². The van der Waals surface area contributed by atoms with E-state index >= 15 is 0 Å². The molecule has 3 rings (SSSR count). The molecular weight excluding hydrogens is 549 g/mol. The first-order chi connectivity index (χ1) is 15.8. The van der Waals surface area contributed by atoms with Crippen molar-refractivity contribution in [3.8, 4) is 11.1 Å². The Labute approximate surface area is 201 Å². The fourth-order valence-corrected chi connectivity index (χ4v) is 4.87. The van der Waals surface area contributed by atoms with Crippen LogP contribution in [-0.4, -0.2) is 50.2 Å². The molecule has 2 aromatic carbocycles. The van der Waals surface area contributed by atoms with Crippen molar-refractivity contribution in [2.24, 2.45) is 0 Å². The van der Waals surface area contributed by atoms with Crippen LogP contribution in [0.1, 0.15) is 19.8 Å². The number of nitrogens with one attached hydrogen (secondary N) is 2. The number of likely N-dealkylation sites (tertiary alicyclic amines) is 1. The Bertz CT molecular complexity index is 1180. The normalized spacial score (nSPS) is 18.4. The lowest BCUT2D eigenvalue weighted by Crippen LogP contribution is -2.47. The highest BCUT2D eigenvalue weighted by Crippen LogP contribution is 2.37. The molecule has 1 heterocycles. The van der Waals surface area contributed by atoms with Crippen molar-refractivity contribution in [1.29, 1.82) is 0 Å². The summed E-state index contributed by atoms with van der Waals surface area (Å²) in [5.74, 6) is -6.81. The molecule has 186 valence electrons. The molecule has 1 fully saturated rings. The van der Waals surface area contributed by atoms with Gasteiger partial charge in [0.2, 0.25) is 10.0 Å². The van der Waals surface area contributed by atoms with Crippen molar-refractivity contribution in [3.63, 3.8) is 0 Å². The molecule has 34 heavy (non-hydrogen) atoms. The highest BCUT2D eigenvalue weighted by atomic mass is 79.9. The number of carbonyl (C=O) groups is 1. The van der Waals surface area contributed by atoms with Gasteiger partial charge in [-0.15, -0.1) is 0 Å². The Morgan fingerprint density at radius 3 is 2.41 bits per heavy atom. The number of alkyl halides is 2. The molecule has 0 unspecified atom stereocenters. The molecule has 1 atom stereocenters. The smallest absolute Gasteiger partial charge is 0.321 e. The number of rotatable bonds is 5. The third-order valence-corrected chi connectivity index (χ3v) is 7.28. The van der Waals surface area contributed by atoms with Crippen LogP contribution < -0.4 is 10.0 Å². The van der Waals surface area contributed by atoms with Crippen molar-refractivity contribution >= 4 is 37.7 Å². The van der Waals surface area contributed by atoms with Crippen molar-refractivity contribution in [1.82, 2.24) is 9.62 Å². The third kappa shape index (κ3) is 5.87. The van der Waals surface area contributed by atoms with Crippen LogP contribution in [0.3, 0.4) is 0 Å². The number of carbonyl (C=O) groups excluding carboxylic acids is 1. The van der Waals surface area contributed by atoms with Crippen molar-refractivity contribution in [2.75, 3.05) is 24.2 Å². The number of halogens is 6. The number of benzene rings is 2. The van der Waals surface area contributed by atoms with Gasteiger partial charge < -0.3 is 10.2 Å². The Balaban J connectivity index is 1.88. The Morgan fingerprint density at radius 1 is 1.15 bits per heavy atom. The lowest BCUT2D eigenvalue weighted by molar-refractivity contribution is -0.0339. The largest absolute Gasteiger partial charge is 0.324 e. The Morgan fingerprint density at radius 2 is 1.79 bits per heavy atom. The minimum atomic E-state index is -3.92. The zero-order valence-corrected chi connectivity index (χ0v) is 20.3. The Hall–Kier alpha value is -2.25. The number of amides is 2. The van der Waals surface area contributed by atoms with Gasteiger partial charge in [0.05, 0.1) is 23.0 Å². The first-order valence-electron chi connectivity index (χ1n) is 10.2. The molecule has 0 spiro atoms. The molecule has 2 aromatic rings. The maximum atomic E-state index is 14.8. The summed E-state index contributed by atoms with van der Waals surface area (Å²) in [7, 11) is -3.92. The molecular formula is C21H21BrF5N3O3S. The first-order valence-corrected chi connectivity index (χ1v) is 12.7. The molecule has 2 N–H and O–H groups in total. The molecule has 6 nitrogen and oxygen atoms in total. The van der Waals surface area contributed by atoms with E-state index in [1.807, 2.05) is 4.72 Å². The lowest BCUT2D eigenvalue weighted by atomic mass is 10.0. The summed E-state index contributed by atoms with van der Waals surface area (Å²) in [4.78, 5) is 13.8. The first kappa shape index (κ1) is 26.4. The summed E-state index contributed by atoms with van der Waals surface area (Å²) < 4.78 is 98.2. The van der Waals surface area contributed by atoms with E-state index in [1.165, 1.54) is 13.0 Å². The maximum Gasteiger partial charge on any atom is 0.321 e. The summed E-state index contributed by atoms with van der Waals surface area (Å²) >= 11 is 3.05. The van der Waals surface area contributed by atoms with E-state index in [1.54, 1.807) is 0 Å². The molecule has 1 saturated heterocycles. The van der Waals surface area contributed by atoms with Crippen LogP contribution in [0.25, 0.3) is 11.1 Å². The molecule has 2 amide bonds. The average Bonchev–Trinajstić information content (AvgIpc) is 2.88. The highest BCUT2D eigenvalue weighted by molar-refractivity contribution is 9.10. The summed E-state index contributed by atoms with van der Waals surface area (Å²) in [6.07, 6.45) is -1.23. The summed E-state index contributed by atoms with van der Waals surface area (Å²) in [6.45, 7) is 0.588. The van der Waals surface area contributed by atoms with Gasteiger partial charge in [-0.1, -0.05) is 22.0 Å². The molecule has 13 heteroatoms. The zero-order chi connectivity index (χ0) is 25.3. The van der Waals surface area contributed by atoms with Crippen LogP contribution in [0.2, 0.25) is 0 Å². The number of anilines is 1. The predicted octanol–water partition coefficient (Wildman–Crippen LogP) is 5.10. The van der Waals surface area contributed by atoms with Crippen LogP contribution in [-0.2, 0) is 10.0 Å². The summed E-state index contributed by atoms with van der Waals surface area (Å²) in [5.41, 5.74) is -1.39. The second-order valence-corrected chi connectivity index (χ2v) is 10.7. The van der Waals surface area contributed by atoms with Gasteiger partial charge in [0.25, 0.3) is 5.92 Å². The molecule has 0 radical (unpaired) electrons. The SMILES string of the molecule is CCS(=O)(=O)N[C@@H]1CCN(C(=O)Nc2c(F)cc(Br)cc2-c2c(F)cccc2F)CCC1(F)F. The monoisotopic (exact) mass is 569 g/mol. The fourth-order valence-electron chi connectivity index (χ4n) is 3.55. The van der Waals surface area contributed by atoms with E-state index < -0.39 is 76.1 Å². The standard InChI is InChI=1S/C21H21BrF5N3O3S/c1-2-34(32,33)29-17-6-8-30(9-7-21(17,26)27)20(31)28-19-13(10-12(22)11-16(19)25)18-14(23)4-3-5-15(18)24/h3-5,10-11,17,29H,2,6-9H2,1H3,(H,28,31)/t17-/m1/s1. The Kier molecular flexibility index (Phi) is 7.88. The molecule has 0 bridgehead atoms. The molecule has 0 aromatic heterocycles. The number of hydrogen-bond donors (Lipinski definition) is 2. The highest BCUT2D eigenvalue weighted by Gasteiger charge is 2.44. The van der Waals surface area contributed by atoms with Crippen molar-refractivity contribution in [2.45, 2.75) is 31.7 Å². The predicted molar refractivity (Wildman–Crippen MR) is 121 cm³/mol. The molecule has 0 saturated carbocycles. The van der Waals surface area contributed by atoms with E-state index in [4.69, 9.17) is 0 Å². The fraction of sp³-hybridized carbons (Fsp3) is 0.381. The van der Waals surface area contributed by atoms with Crippen molar-refractivity contribution in [3.05, 3.63) is 52.3 Å². The number of urea groups is 1. The minimum Gasteiger partial charge on any atom is -0.324 e. The number of nitrogens with zero attached hydrogens (tertiary/aromatic N) is 1. The van der Waals surface area contributed by atoms with Gasteiger partial charge in [-0.2, -0.15) is 0 Å². The second kappa shape index (κ2) is 10.2. The third-order valence-electron chi connectivity index (χ3n) is 5.42. The number of hydrogen-bond acceptors (Lipinski definition) is 3. The second-order valence-electron chi connectivity index (χ2n) is 7.70. The van der Waals surface area contributed by atoms with Gasteiger partial charge in [0, 0.05) is 29.5 Å². The lowest BCUT2D eigenvalue weighted by Gasteiger charge is -2.24. The van der Waals surface area contributed by atoms with E-state index in [0.29, 0.717) is 0 Å². The summed E-state index contributed by atoms with van der Waals surface area (Å²) in [6, 6.07) is 2.56. The van der Waals surface area contributed by atoms with Crippen LogP contribution in [0.15, 0.2) is 34.8 Å².